The molecule has 0 saturated carbocycles. The van der Waals surface area contributed by atoms with E-state index in [0.29, 0.717) is 12.1 Å². The lowest BCUT2D eigenvalue weighted by Gasteiger charge is -2.12. The number of hydrogen-bond acceptors (Lipinski definition) is 2. The van der Waals surface area contributed by atoms with E-state index in [2.05, 4.69) is 32.3 Å². The lowest BCUT2D eigenvalue weighted by atomic mass is 10.0. The Morgan fingerprint density at radius 3 is 2.62 bits per heavy atom. The number of aromatic nitrogens is 1. The molecule has 1 aromatic heterocycles. The lowest BCUT2D eigenvalue weighted by molar-refractivity contribution is 0.0952. The predicted octanol–water partition coefficient (Wildman–Crippen LogP) is 4.85. The van der Waals surface area contributed by atoms with Gasteiger partial charge in [-0.3, -0.25) is 9.78 Å². The topological polar surface area (TPSA) is 42.0 Å². The lowest BCUT2D eigenvalue weighted by Crippen LogP contribution is -2.23. The van der Waals surface area contributed by atoms with E-state index < -0.39 is 0 Å². The minimum Gasteiger partial charge on any atom is -0.348 e. The smallest absolute Gasteiger partial charge is 0.252 e. The van der Waals surface area contributed by atoms with Crippen LogP contribution in [-0.4, -0.2) is 10.9 Å². The first kappa shape index (κ1) is 16.7. The van der Waals surface area contributed by atoms with Gasteiger partial charge in [-0.2, -0.15) is 0 Å². The zero-order valence-electron chi connectivity index (χ0n) is 14.0. The maximum absolute atomic E-state index is 12.8. The molecule has 4 heteroatoms. The van der Waals surface area contributed by atoms with Gasteiger partial charge in [0.2, 0.25) is 0 Å². The Kier molecular flexibility index (Phi) is 4.67. The molecule has 0 atom stereocenters. The molecule has 0 bridgehead atoms. The van der Waals surface area contributed by atoms with E-state index in [1.807, 2.05) is 57.2 Å². The minimum atomic E-state index is -0.0775. The largest absolute Gasteiger partial charge is 0.348 e. The summed E-state index contributed by atoms with van der Waals surface area (Å²) in [5.74, 6) is -0.0775. The predicted molar refractivity (Wildman–Crippen MR) is 101 cm³/mol. The second kappa shape index (κ2) is 6.73. The Morgan fingerprint density at radius 1 is 1.12 bits per heavy atom. The molecule has 122 valence electrons. The Bertz CT molecular complexity index is 934. The van der Waals surface area contributed by atoms with Crippen molar-refractivity contribution in [1.82, 2.24) is 10.3 Å². The summed E-state index contributed by atoms with van der Waals surface area (Å²) in [6.07, 6.45) is 0. The molecule has 0 aliphatic rings. The van der Waals surface area contributed by atoms with Gasteiger partial charge in [-0.15, -0.1) is 0 Å². The van der Waals surface area contributed by atoms with Gasteiger partial charge in [0.05, 0.1) is 11.1 Å². The highest BCUT2D eigenvalue weighted by molar-refractivity contribution is 9.10. The van der Waals surface area contributed by atoms with Crippen molar-refractivity contribution in [2.24, 2.45) is 0 Å². The Hall–Kier alpha value is -2.20. The highest BCUT2D eigenvalue weighted by Gasteiger charge is 2.14. The number of nitrogens with zero attached hydrogens (tertiary/aromatic N) is 1. The number of nitrogens with one attached hydrogen (secondary N) is 1. The molecule has 0 fully saturated rings. The Morgan fingerprint density at radius 2 is 1.88 bits per heavy atom. The second-order valence-corrected chi connectivity index (χ2v) is 6.92. The van der Waals surface area contributed by atoms with E-state index in [-0.39, 0.29) is 5.91 Å². The van der Waals surface area contributed by atoms with Crippen molar-refractivity contribution >= 4 is 32.7 Å². The van der Waals surface area contributed by atoms with E-state index in [0.717, 1.165) is 37.8 Å². The summed E-state index contributed by atoms with van der Waals surface area (Å²) >= 11 is 3.51. The molecule has 3 rings (SSSR count). The number of rotatable bonds is 3. The number of benzene rings is 2. The fraction of sp³-hybridized carbons (Fsp3) is 0.200. The van der Waals surface area contributed by atoms with Crippen molar-refractivity contribution < 1.29 is 4.79 Å². The van der Waals surface area contributed by atoms with Crippen molar-refractivity contribution in [3.8, 4) is 0 Å². The number of aryl methyl sites for hydroxylation is 3. The van der Waals surface area contributed by atoms with Gasteiger partial charge in [0.1, 0.15) is 0 Å². The van der Waals surface area contributed by atoms with Crippen LogP contribution in [0.4, 0.5) is 0 Å². The number of pyridine rings is 1. The maximum atomic E-state index is 12.8. The molecule has 1 heterocycles. The molecule has 0 aliphatic heterocycles. The monoisotopic (exact) mass is 382 g/mol. The first-order valence-electron chi connectivity index (χ1n) is 7.86. The fourth-order valence-electron chi connectivity index (χ4n) is 2.91. The molecular weight excluding hydrogens is 364 g/mol. The van der Waals surface area contributed by atoms with Crippen LogP contribution in [0.1, 0.15) is 32.7 Å². The van der Waals surface area contributed by atoms with E-state index in [1.54, 1.807) is 0 Å². The average Bonchev–Trinajstić information content (AvgIpc) is 2.54. The molecule has 3 nitrogen and oxygen atoms in total. The number of fused-ring (bicyclic) bond motifs is 1. The van der Waals surface area contributed by atoms with Crippen LogP contribution in [0.3, 0.4) is 0 Å². The quantitative estimate of drug-likeness (QED) is 0.702. The molecule has 0 aliphatic carbocycles. The molecule has 0 spiro atoms. The van der Waals surface area contributed by atoms with Crippen LogP contribution in [-0.2, 0) is 6.54 Å². The van der Waals surface area contributed by atoms with Crippen LogP contribution < -0.4 is 5.32 Å². The first-order chi connectivity index (χ1) is 11.5. The standard InChI is InChI=1S/C20H19BrN2O/c1-12-8-13(2)19-16(9-12)17(10-14(3)23-19)20(24)22-11-15-6-4-5-7-18(15)21/h4-10H,11H2,1-3H3,(H,22,24). The van der Waals surface area contributed by atoms with Crippen LogP contribution in [0.5, 0.6) is 0 Å². The number of amides is 1. The van der Waals surface area contributed by atoms with Crippen LogP contribution in [0, 0.1) is 20.8 Å². The van der Waals surface area contributed by atoms with Crippen molar-refractivity contribution in [1.29, 1.82) is 0 Å². The molecule has 1 N–H and O–H groups in total. The fourth-order valence-corrected chi connectivity index (χ4v) is 3.33. The van der Waals surface area contributed by atoms with Crippen LogP contribution >= 0.6 is 15.9 Å². The maximum Gasteiger partial charge on any atom is 0.252 e. The third-order valence-corrected chi connectivity index (χ3v) is 4.79. The summed E-state index contributed by atoms with van der Waals surface area (Å²) in [5, 5.41) is 3.92. The van der Waals surface area contributed by atoms with E-state index in [4.69, 9.17) is 0 Å². The van der Waals surface area contributed by atoms with Crippen LogP contribution in [0.25, 0.3) is 10.9 Å². The number of carbonyl (C=O) groups is 1. The zero-order valence-corrected chi connectivity index (χ0v) is 15.6. The Balaban J connectivity index is 1.96. The highest BCUT2D eigenvalue weighted by Crippen LogP contribution is 2.24. The molecule has 0 unspecified atom stereocenters. The summed E-state index contributed by atoms with van der Waals surface area (Å²) in [4.78, 5) is 17.4. The van der Waals surface area contributed by atoms with Gasteiger partial charge in [0.15, 0.2) is 0 Å². The number of halogens is 1. The van der Waals surface area contributed by atoms with Gasteiger partial charge >= 0.3 is 0 Å². The molecule has 3 aromatic rings. The molecule has 0 radical (unpaired) electrons. The normalized spacial score (nSPS) is 10.8. The number of carbonyl (C=O) groups excluding carboxylic acids is 1. The SMILES string of the molecule is Cc1cc(C)c2nc(C)cc(C(=O)NCc3ccccc3Br)c2c1. The molecule has 1 amide bonds. The van der Waals surface area contributed by atoms with Gasteiger partial charge in [-0.25, -0.2) is 0 Å². The Labute approximate surface area is 150 Å². The van der Waals surface area contributed by atoms with E-state index in [9.17, 15) is 4.79 Å². The van der Waals surface area contributed by atoms with Gasteiger partial charge in [-0.1, -0.05) is 45.8 Å². The van der Waals surface area contributed by atoms with Gasteiger partial charge in [0.25, 0.3) is 5.91 Å². The van der Waals surface area contributed by atoms with Gasteiger partial charge in [0, 0.05) is 22.1 Å². The molecule has 2 aromatic carbocycles. The van der Waals surface area contributed by atoms with Gasteiger partial charge in [-0.05, 0) is 50.1 Å². The van der Waals surface area contributed by atoms with Crippen LogP contribution in [0.15, 0.2) is 46.9 Å². The van der Waals surface area contributed by atoms with Crippen molar-refractivity contribution in [2.75, 3.05) is 0 Å². The second-order valence-electron chi connectivity index (χ2n) is 6.06. The van der Waals surface area contributed by atoms with E-state index >= 15 is 0 Å². The third-order valence-electron chi connectivity index (χ3n) is 4.02. The highest BCUT2D eigenvalue weighted by atomic mass is 79.9. The van der Waals surface area contributed by atoms with Crippen molar-refractivity contribution in [2.45, 2.75) is 27.3 Å². The summed E-state index contributed by atoms with van der Waals surface area (Å²) < 4.78 is 0.993. The first-order valence-corrected chi connectivity index (χ1v) is 8.65. The van der Waals surface area contributed by atoms with Crippen molar-refractivity contribution in [3.63, 3.8) is 0 Å². The van der Waals surface area contributed by atoms with Gasteiger partial charge < -0.3 is 5.32 Å². The van der Waals surface area contributed by atoms with Crippen molar-refractivity contribution in [3.05, 3.63) is 74.9 Å². The van der Waals surface area contributed by atoms with E-state index in [1.165, 1.54) is 0 Å². The summed E-state index contributed by atoms with van der Waals surface area (Å²) in [7, 11) is 0. The minimum absolute atomic E-state index is 0.0775. The van der Waals surface area contributed by atoms with Crippen LogP contribution in [0.2, 0.25) is 0 Å². The summed E-state index contributed by atoms with van der Waals surface area (Å²) in [6, 6.07) is 13.9. The average molecular weight is 383 g/mol. The third kappa shape index (κ3) is 3.34. The molecule has 24 heavy (non-hydrogen) atoms. The summed E-state index contributed by atoms with van der Waals surface area (Å²) in [5.41, 5.74) is 5.69. The number of hydrogen-bond donors (Lipinski definition) is 1. The molecule has 0 saturated heterocycles. The zero-order chi connectivity index (χ0) is 17.3. The summed E-state index contributed by atoms with van der Waals surface area (Å²) in [6.45, 7) is 6.47. The molecular formula is C20H19BrN2O.